The maximum atomic E-state index is 11.4. The molecule has 0 saturated carbocycles. The predicted molar refractivity (Wildman–Crippen MR) is 82.9 cm³/mol. The lowest BCUT2D eigenvalue weighted by molar-refractivity contribution is 0.100. The van der Waals surface area contributed by atoms with Crippen LogP contribution in [0.2, 0.25) is 0 Å². The van der Waals surface area contributed by atoms with Crippen LogP contribution in [0.15, 0.2) is 18.2 Å². The van der Waals surface area contributed by atoms with Crippen LogP contribution in [0.1, 0.15) is 30.1 Å². The molecule has 110 valence electrons. The first-order chi connectivity index (χ1) is 9.52. The highest BCUT2D eigenvalue weighted by molar-refractivity contribution is 5.95. The van der Waals surface area contributed by atoms with Gasteiger partial charge in [-0.25, -0.2) is 0 Å². The maximum absolute atomic E-state index is 11.4. The quantitative estimate of drug-likeness (QED) is 0.816. The molecule has 5 nitrogen and oxygen atoms in total. The Balaban J connectivity index is 2.36. The Morgan fingerprint density at radius 1 is 1.40 bits per heavy atom. The normalized spacial score (nSPS) is 20.7. The first-order valence-corrected chi connectivity index (χ1v) is 7.17. The summed E-state index contributed by atoms with van der Waals surface area (Å²) in [6.07, 6.45) is 2.14. The fourth-order valence-corrected chi connectivity index (χ4v) is 2.86. The Bertz CT molecular complexity index is 489. The van der Waals surface area contributed by atoms with E-state index in [1.807, 2.05) is 6.07 Å². The Labute approximate surface area is 120 Å². The van der Waals surface area contributed by atoms with Gasteiger partial charge in [0, 0.05) is 24.7 Å². The molecule has 1 aromatic carbocycles. The average molecular weight is 276 g/mol. The van der Waals surface area contributed by atoms with E-state index in [-0.39, 0.29) is 0 Å². The molecule has 1 aromatic rings. The largest absolute Gasteiger partial charge is 0.397 e. The number of rotatable bonds is 3. The molecule has 1 heterocycles. The van der Waals surface area contributed by atoms with E-state index in [1.165, 1.54) is 0 Å². The number of nitrogens with zero attached hydrogens (tertiary/aromatic N) is 2. The van der Waals surface area contributed by atoms with Gasteiger partial charge in [-0.3, -0.25) is 4.79 Å². The third kappa shape index (κ3) is 3.04. The fourth-order valence-electron chi connectivity index (χ4n) is 2.86. The van der Waals surface area contributed by atoms with E-state index in [2.05, 4.69) is 23.8 Å². The van der Waals surface area contributed by atoms with Crippen molar-refractivity contribution < 1.29 is 4.79 Å². The number of likely N-dealkylation sites (N-methyl/N-ethyl adjacent to an activating group) is 1. The molecule has 0 aromatic heterocycles. The summed E-state index contributed by atoms with van der Waals surface area (Å²) < 4.78 is 0. The molecular weight excluding hydrogens is 252 g/mol. The number of nitrogen functional groups attached to an aromatic ring is 1. The number of nitrogens with two attached hydrogens (primary N) is 2. The lowest BCUT2D eigenvalue weighted by atomic mass is 10.1. The van der Waals surface area contributed by atoms with E-state index in [0.29, 0.717) is 17.3 Å². The van der Waals surface area contributed by atoms with Gasteiger partial charge in [0.25, 0.3) is 0 Å². The van der Waals surface area contributed by atoms with Crippen molar-refractivity contribution in [3.8, 4) is 0 Å². The second-order valence-corrected chi connectivity index (χ2v) is 5.51. The van der Waals surface area contributed by atoms with E-state index in [4.69, 9.17) is 11.5 Å². The molecule has 1 saturated heterocycles. The van der Waals surface area contributed by atoms with Gasteiger partial charge in [-0.15, -0.1) is 0 Å². The number of anilines is 2. The van der Waals surface area contributed by atoms with E-state index < -0.39 is 5.91 Å². The number of hydrogen-bond acceptors (Lipinski definition) is 4. The van der Waals surface area contributed by atoms with E-state index in [1.54, 1.807) is 12.1 Å². The second kappa shape index (κ2) is 6.13. The summed E-state index contributed by atoms with van der Waals surface area (Å²) in [5.41, 5.74) is 13.6. The average Bonchev–Trinajstić information content (AvgIpc) is 2.60. The number of carbonyl (C=O) groups excluding carboxylic acids is 1. The van der Waals surface area contributed by atoms with Crippen LogP contribution < -0.4 is 16.4 Å². The van der Waals surface area contributed by atoms with Gasteiger partial charge < -0.3 is 21.3 Å². The molecule has 1 aliphatic rings. The lowest BCUT2D eigenvalue weighted by Gasteiger charge is -2.33. The standard InChI is InChI=1S/C15H24N4O/c1-3-12-10-18(2)7-4-8-19(12)14-9-11(15(17)20)5-6-13(14)16/h5-6,9,12H,3-4,7-8,10,16H2,1-2H3,(H2,17,20). The van der Waals surface area contributed by atoms with Gasteiger partial charge in [-0.1, -0.05) is 6.92 Å². The zero-order valence-corrected chi connectivity index (χ0v) is 12.3. The maximum Gasteiger partial charge on any atom is 0.248 e. The van der Waals surface area contributed by atoms with Crippen molar-refractivity contribution in [1.82, 2.24) is 4.90 Å². The first kappa shape index (κ1) is 14.7. The predicted octanol–water partition coefficient (Wildman–Crippen LogP) is 1.29. The first-order valence-electron chi connectivity index (χ1n) is 7.17. The van der Waals surface area contributed by atoms with E-state index in [0.717, 1.165) is 38.2 Å². The van der Waals surface area contributed by atoms with Gasteiger partial charge in [-0.05, 0) is 44.6 Å². The molecule has 5 heteroatoms. The molecule has 2 rings (SSSR count). The van der Waals surface area contributed by atoms with Crippen molar-refractivity contribution in [2.24, 2.45) is 5.73 Å². The SMILES string of the molecule is CCC1CN(C)CCCN1c1cc(C(N)=O)ccc1N. The highest BCUT2D eigenvalue weighted by Crippen LogP contribution is 2.29. The zero-order valence-electron chi connectivity index (χ0n) is 12.3. The molecular formula is C15H24N4O. The number of primary amides is 1. The van der Waals surface area contributed by atoms with Gasteiger partial charge in [0.1, 0.15) is 0 Å². The topological polar surface area (TPSA) is 75.6 Å². The fraction of sp³-hybridized carbons (Fsp3) is 0.533. The highest BCUT2D eigenvalue weighted by atomic mass is 16.1. The summed E-state index contributed by atoms with van der Waals surface area (Å²) in [5.74, 6) is -0.411. The van der Waals surface area contributed by atoms with Gasteiger partial charge in [-0.2, -0.15) is 0 Å². The molecule has 1 unspecified atom stereocenters. The van der Waals surface area contributed by atoms with Gasteiger partial charge in [0.2, 0.25) is 5.91 Å². The smallest absolute Gasteiger partial charge is 0.248 e. The van der Waals surface area contributed by atoms with Crippen LogP contribution in [0.5, 0.6) is 0 Å². The Hall–Kier alpha value is -1.75. The van der Waals surface area contributed by atoms with Crippen molar-refractivity contribution in [2.45, 2.75) is 25.8 Å². The summed E-state index contributed by atoms with van der Waals surface area (Å²) in [7, 11) is 2.15. The van der Waals surface area contributed by atoms with Crippen LogP contribution in [-0.4, -0.2) is 43.5 Å². The third-order valence-electron chi connectivity index (χ3n) is 4.00. The molecule has 1 aliphatic heterocycles. The molecule has 0 bridgehead atoms. The second-order valence-electron chi connectivity index (χ2n) is 5.51. The molecule has 1 fully saturated rings. The van der Waals surface area contributed by atoms with Crippen molar-refractivity contribution in [3.05, 3.63) is 23.8 Å². The van der Waals surface area contributed by atoms with E-state index in [9.17, 15) is 4.79 Å². The molecule has 0 spiro atoms. The van der Waals surface area contributed by atoms with Crippen LogP contribution in [0.25, 0.3) is 0 Å². The number of hydrogen-bond donors (Lipinski definition) is 2. The minimum absolute atomic E-state index is 0.410. The number of benzene rings is 1. The Morgan fingerprint density at radius 3 is 2.80 bits per heavy atom. The van der Waals surface area contributed by atoms with Crippen molar-refractivity contribution >= 4 is 17.3 Å². The van der Waals surface area contributed by atoms with Crippen LogP contribution >= 0.6 is 0 Å². The Morgan fingerprint density at radius 2 is 2.15 bits per heavy atom. The van der Waals surface area contributed by atoms with Crippen LogP contribution in [0.3, 0.4) is 0 Å². The summed E-state index contributed by atoms with van der Waals surface area (Å²) in [6.45, 7) is 5.24. The third-order valence-corrected chi connectivity index (χ3v) is 4.00. The van der Waals surface area contributed by atoms with Crippen molar-refractivity contribution in [1.29, 1.82) is 0 Å². The molecule has 0 radical (unpaired) electrons. The molecule has 4 N–H and O–H groups in total. The number of amides is 1. The molecule has 1 atom stereocenters. The van der Waals surface area contributed by atoms with Crippen molar-refractivity contribution in [3.63, 3.8) is 0 Å². The van der Waals surface area contributed by atoms with Crippen LogP contribution in [0, 0.1) is 0 Å². The Kier molecular flexibility index (Phi) is 4.49. The summed E-state index contributed by atoms with van der Waals surface area (Å²) in [5, 5.41) is 0. The zero-order chi connectivity index (χ0) is 14.7. The number of carbonyl (C=O) groups is 1. The molecule has 20 heavy (non-hydrogen) atoms. The summed E-state index contributed by atoms with van der Waals surface area (Å²) >= 11 is 0. The lowest BCUT2D eigenvalue weighted by Crippen LogP contribution is -2.40. The van der Waals surface area contributed by atoms with Gasteiger partial charge in [0.15, 0.2) is 0 Å². The molecule has 0 aliphatic carbocycles. The molecule has 1 amide bonds. The summed E-state index contributed by atoms with van der Waals surface area (Å²) in [4.78, 5) is 16.0. The van der Waals surface area contributed by atoms with Crippen LogP contribution in [0.4, 0.5) is 11.4 Å². The van der Waals surface area contributed by atoms with Gasteiger partial charge in [0.05, 0.1) is 11.4 Å². The van der Waals surface area contributed by atoms with Crippen LogP contribution in [-0.2, 0) is 0 Å². The van der Waals surface area contributed by atoms with E-state index >= 15 is 0 Å². The summed E-state index contributed by atoms with van der Waals surface area (Å²) in [6, 6.07) is 5.70. The highest BCUT2D eigenvalue weighted by Gasteiger charge is 2.24. The van der Waals surface area contributed by atoms with Gasteiger partial charge >= 0.3 is 0 Å². The van der Waals surface area contributed by atoms with Crippen molar-refractivity contribution in [2.75, 3.05) is 37.3 Å². The minimum Gasteiger partial charge on any atom is -0.397 e. The monoisotopic (exact) mass is 276 g/mol. The minimum atomic E-state index is -0.411.